The van der Waals surface area contributed by atoms with Crippen LogP contribution in [0.5, 0.6) is 0 Å². The molecule has 0 bridgehead atoms. The van der Waals surface area contributed by atoms with Crippen molar-refractivity contribution in [1.82, 2.24) is 0 Å². The van der Waals surface area contributed by atoms with E-state index in [9.17, 15) is 13.2 Å². The van der Waals surface area contributed by atoms with Gasteiger partial charge in [-0.2, -0.15) is 0 Å². The molecule has 0 heterocycles. The van der Waals surface area contributed by atoms with Gasteiger partial charge in [0.25, 0.3) is 9.05 Å². The van der Waals surface area contributed by atoms with Crippen molar-refractivity contribution in [1.29, 1.82) is 0 Å². The Bertz CT molecular complexity index is 598. The lowest BCUT2D eigenvalue weighted by molar-refractivity contribution is 0.0334. The van der Waals surface area contributed by atoms with Gasteiger partial charge in [0.2, 0.25) is 0 Å². The average Bonchev–Trinajstić information content (AvgIpc) is 2.36. The molecule has 0 spiro atoms. The van der Waals surface area contributed by atoms with Crippen molar-refractivity contribution >= 4 is 31.4 Å². The Hall–Kier alpha value is -1.27. The Kier molecular flexibility index (Phi) is 5.42. The molecule has 0 aromatic heterocycles. The van der Waals surface area contributed by atoms with Crippen LogP contribution in [0.15, 0.2) is 23.1 Å². The number of anilines is 1. The fourth-order valence-electron chi connectivity index (χ4n) is 1.54. The Morgan fingerprint density at radius 1 is 1.40 bits per heavy atom. The molecule has 0 amide bonds. The van der Waals surface area contributed by atoms with Crippen molar-refractivity contribution in [2.45, 2.75) is 31.3 Å². The number of benzene rings is 1. The summed E-state index contributed by atoms with van der Waals surface area (Å²) in [6.45, 7) is 3.66. The van der Waals surface area contributed by atoms with Crippen LogP contribution in [0.1, 0.15) is 30.6 Å². The maximum atomic E-state index is 11.9. The molecule has 0 aliphatic heterocycles. The number of hydrogen-bond donors (Lipinski definition) is 0. The van der Waals surface area contributed by atoms with Crippen LogP contribution in [0.4, 0.5) is 5.69 Å². The Morgan fingerprint density at radius 3 is 2.45 bits per heavy atom. The van der Waals surface area contributed by atoms with Crippen LogP contribution < -0.4 is 4.90 Å². The average molecular weight is 320 g/mol. The number of hydrogen-bond acceptors (Lipinski definition) is 5. The molecule has 0 saturated heterocycles. The summed E-state index contributed by atoms with van der Waals surface area (Å²) in [5.41, 5.74) is 0.579. The van der Waals surface area contributed by atoms with Gasteiger partial charge in [-0.05, 0) is 31.5 Å². The molecule has 20 heavy (non-hydrogen) atoms. The first-order valence-corrected chi connectivity index (χ1v) is 8.44. The van der Waals surface area contributed by atoms with Crippen molar-refractivity contribution < 1.29 is 17.9 Å². The highest BCUT2D eigenvalue weighted by Gasteiger charge is 2.21. The fraction of sp³-hybridized carbons (Fsp3) is 0.462. The van der Waals surface area contributed by atoms with Gasteiger partial charge < -0.3 is 9.64 Å². The number of ether oxygens (including phenoxy) is 1. The molecule has 1 unspecified atom stereocenters. The van der Waals surface area contributed by atoms with E-state index in [-0.39, 0.29) is 16.6 Å². The van der Waals surface area contributed by atoms with E-state index in [1.165, 1.54) is 18.2 Å². The number of esters is 1. The number of carbonyl (C=O) groups excluding carboxylic acids is 1. The number of halogens is 1. The fourth-order valence-corrected chi connectivity index (χ4v) is 2.68. The number of rotatable bonds is 5. The van der Waals surface area contributed by atoms with Crippen molar-refractivity contribution in [2.75, 3.05) is 19.0 Å². The SMILES string of the molecule is CCC(C)OC(=O)c1ccc(N(C)C)c(S(=O)(=O)Cl)c1. The van der Waals surface area contributed by atoms with Crippen molar-refractivity contribution in [3.63, 3.8) is 0 Å². The normalized spacial score (nSPS) is 12.8. The Balaban J connectivity index is 3.23. The summed E-state index contributed by atoms with van der Waals surface area (Å²) in [5, 5.41) is 0. The van der Waals surface area contributed by atoms with Crippen LogP contribution in [-0.4, -0.2) is 34.6 Å². The summed E-state index contributed by atoms with van der Waals surface area (Å²) in [5.74, 6) is -0.564. The van der Waals surface area contributed by atoms with Crippen molar-refractivity contribution in [2.24, 2.45) is 0 Å². The smallest absolute Gasteiger partial charge is 0.338 e. The second kappa shape index (κ2) is 6.45. The van der Waals surface area contributed by atoms with Crippen molar-refractivity contribution in [3.8, 4) is 0 Å². The van der Waals surface area contributed by atoms with Gasteiger partial charge in [0.05, 0.1) is 17.4 Å². The van der Waals surface area contributed by atoms with Gasteiger partial charge in [-0.25, -0.2) is 13.2 Å². The largest absolute Gasteiger partial charge is 0.459 e. The first-order valence-electron chi connectivity index (χ1n) is 6.13. The molecule has 112 valence electrons. The molecule has 0 aliphatic carbocycles. The highest BCUT2D eigenvalue weighted by Crippen LogP contribution is 2.28. The molecule has 1 rings (SSSR count). The Morgan fingerprint density at radius 2 is 2.00 bits per heavy atom. The number of nitrogens with zero attached hydrogens (tertiary/aromatic N) is 1. The minimum atomic E-state index is -3.95. The predicted molar refractivity (Wildman–Crippen MR) is 79.0 cm³/mol. The van der Waals surface area contributed by atoms with E-state index in [4.69, 9.17) is 15.4 Å². The van der Waals surface area contributed by atoms with E-state index < -0.39 is 15.0 Å². The molecule has 0 N–H and O–H groups in total. The third kappa shape index (κ3) is 4.11. The predicted octanol–water partition coefficient (Wildman–Crippen LogP) is 2.64. The van der Waals surface area contributed by atoms with Gasteiger partial charge in [-0.3, -0.25) is 0 Å². The van der Waals surface area contributed by atoms with E-state index in [2.05, 4.69) is 0 Å². The summed E-state index contributed by atoms with van der Waals surface area (Å²) in [6, 6.07) is 4.29. The summed E-state index contributed by atoms with van der Waals surface area (Å²) >= 11 is 0. The maximum Gasteiger partial charge on any atom is 0.338 e. The van der Waals surface area contributed by atoms with E-state index in [1.54, 1.807) is 25.9 Å². The van der Waals surface area contributed by atoms with E-state index in [0.29, 0.717) is 12.1 Å². The third-order valence-electron chi connectivity index (χ3n) is 2.82. The molecule has 1 aromatic carbocycles. The molecule has 0 aliphatic rings. The van der Waals surface area contributed by atoms with Crippen LogP contribution in [0.2, 0.25) is 0 Å². The Labute approximate surface area is 123 Å². The summed E-state index contributed by atoms with van der Waals surface area (Å²) in [4.78, 5) is 13.4. The topological polar surface area (TPSA) is 63.7 Å². The molecular formula is C13H18ClNO4S. The van der Waals surface area contributed by atoms with E-state index in [0.717, 1.165) is 0 Å². The molecule has 1 atom stereocenters. The quantitative estimate of drug-likeness (QED) is 0.616. The molecule has 0 fully saturated rings. The minimum absolute atomic E-state index is 0.109. The highest BCUT2D eigenvalue weighted by atomic mass is 35.7. The molecule has 0 radical (unpaired) electrons. The van der Waals surface area contributed by atoms with Gasteiger partial charge >= 0.3 is 5.97 Å². The van der Waals surface area contributed by atoms with Gasteiger partial charge in [0.15, 0.2) is 0 Å². The van der Waals surface area contributed by atoms with Crippen molar-refractivity contribution in [3.05, 3.63) is 23.8 Å². The zero-order valence-electron chi connectivity index (χ0n) is 11.9. The van der Waals surface area contributed by atoms with Crippen LogP contribution in [0, 0.1) is 0 Å². The first kappa shape index (κ1) is 16.8. The lowest BCUT2D eigenvalue weighted by Crippen LogP contribution is -2.16. The standard InChI is InChI=1S/C13H18ClNO4S/c1-5-9(2)19-13(16)10-6-7-11(15(3)4)12(8-10)20(14,17)18/h6-9H,5H2,1-4H3. The lowest BCUT2D eigenvalue weighted by atomic mass is 10.2. The molecule has 5 nitrogen and oxygen atoms in total. The van der Waals surface area contributed by atoms with Crippen LogP contribution >= 0.6 is 10.7 Å². The summed E-state index contributed by atoms with van der Waals surface area (Å²) < 4.78 is 28.4. The van der Waals surface area contributed by atoms with Crippen LogP contribution in [0.25, 0.3) is 0 Å². The second-order valence-electron chi connectivity index (χ2n) is 4.64. The van der Waals surface area contributed by atoms with Gasteiger partial charge in [0.1, 0.15) is 4.90 Å². The van der Waals surface area contributed by atoms with Crippen LogP contribution in [-0.2, 0) is 13.8 Å². The maximum absolute atomic E-state index is 11.9. The van der Waals surface area contributed by atoms with E-state index in [1.807, 2.05) is 6.92 Å². The van der Waals surface area contributed by atoms with E-state index >= 15 is 0 Å². The highest BCUT2D eigenvalue weighted by molar-refractivity contribution is 8.13. The zero-order chi connectivity index (χ0) is 15.5. The first-order chi connectivity index (χ1) is 9.16. The lowest BCUT2D eigenvalue weighted by Gasteiger charge is -2.17. The van der Waals surface area contributed by atoms with Gasteiger partial charge in [-0.15, -0.1) is 0 Å². The number of carbonyl (C=O) groups is 1. The minimum Gasteiger partial charge on any atom is -0.459 e. The summed E-state index contributed by atoms with van der Waals surface area (Å²) in [6.07, 6.45) is 0.453. The monoisotopic (exact) mass is 319 g/mol. The second-order valence-corrected chi connectivity index (χ2v) is 7.17. The molecular weight excluding hydrogens is 302 g/mol. The third-order valence-corrected chi connectivity index (χ3v) is 4.17. The molecule has 7 heteroatoms. The van der Waals surface area contributed by atoms with Gasteiger partial charge in [0, 0.05) is 24.8 Å². The van der Waals surface area contributed by atoms with Gasteiger partial charge in [-0.1, -0.05) is 6.92 Å². The molecule has 1 aromatic rings. The summed E-state index contributed by atoms with van der Waals surface area (Å²) in [7, 11) is 4.85. The zero-order valence-corrected chi connectivity index (χ0v) is 13.5. The molecule has 0 saturated carbocycles. The van der Waals surface area contributed by atoms with Crippen LogP contribution in [0.3, 0.4) is 0 Å².